The molecule has 1 aliphatic heterocycles. The van der Waals surface area contributed by atoms with Crippen molar-refractivity contribution < 1.29 is 9.53 Å². The Balaban J connectivity index is 1.71. The Hall–Kier alpha value is -1.75. The van der Waals surface area contributed by atoms with E-state index in [0.29, 0.717) is 30.5 Å². The predicted molar refractivity (Wildman–Crippen MR) is 84.3 cm³/mol. The maximum atomic E-state index is 12.1. The third-order valence-electron chi connectivity index (χ3n) is 3.84. The second-order valence-electron chi connectivity index (χ2n) is 5.68. The first-order valence-corrected chi connectivity index (χ1v) is 7.56. The number of amides is 1. The lowest BCUT2D eigenvalue weighted by Gasteiger charge is -2.37. The van der Waals surface area contributed by atoms with Gasteiger partial charge in [-0.3, -0.25) is 9.69 Å². The summed E-state index contributed by atoms with van der Waals surface area (Å²) in [6, 6.07) is 7.83. The monoisotopic (exact) mass is 291 g/mol. The van der Waals surface area contributed by atoms with E-state index in [0.717, 1.165) is 26.2 Å². The largest absolute Gasteiger partial charge is 0.493 e. The zero-order valence-corrected chi connectivity index (χ0v) is 12.9. The van der Waals surface area contributed by atoms with Crippen LogP contribution in [0, 0.1) is 0 Å². The van der Waals surface area contributed by atoms with Crippen LogP contribution in [0.4, 0.5) is 5.69 Å². The first-order valence-electron chi connectivity index (χ1n) is 7.56. The van der Waals surface area contributed by atoms with Gasteiger partial charge in [-0.05, 0) is 26.0 Å². The minimum atomic E-state index is 0.169. The van der Waals surface area contributed by atoms with Crippen LogP contribution in [0.3, 0.4) is 0 Å². The molecule has 0 radical (unpaired) electrons. The summed E-state index contributed by atoms with van der Waals surface area (Å²) in [5, 5.41) is 0. The number of rotatable bonds is 5. The van der Waals surface area contributed by atoms with Crippen molar-refractivity contribution >= 4 is 11.6 Å². The summed E-state index contributed by atoms with van der Waals surface area (Å²) in [4.78, 5) is 16.5. The molecular formula is C16H25N3O2. The average Bonchev–Trinajstić information content (AvgIpc) is 2.47. The summed E-state index contributed by atoms with van der Waals surface area (Å²) in [6.45, 7) is 8.32. The van der Waals surface area contributed by atoms with E-state index in [1.165, 1.54) is 0 Å². The van der Waals surface area contributed by atoms with E-state index < -0.39 is 0 Å². The molecule has 1 aromatic rings. The number of benzene rings is 1. The van der Waals surface area contributed by atoms with Crippen molar-refractivity contribution in [2.75, 3.05) is 38.5 Å². The summed E-state index contributed by atoms with van der Waals surface area (Å²) in [5.41, 5.74) is 6.35. The SMILES string of the molecule is CC(C)N1CCN(C(=O)CCOc2cccc(N)c2)CC1. The lowest BCUT2D eigenvalue weighted by atomic mass is 10.2. The Labute approximate surface area is 126 Å². The van der Waals surface area contributed by atoms with Crippen LogP contribution in [0.15, 0.2) is 24.3 Å². The Morgan fingerprint density at radius 2 is 2.00 bits per heavy atom. The van der Waals surface area contributed by atoms with Crippen LogP contribution in [-0.2, 0) is 4.79 Å². The molecule has 0 saturated carbocycles. The van der Waals surface area contributed by atoms with Gasteiger partial charge in [0.25, 0.3) is 0 Å². The van der Waals surface area contributed by atoms with Gasteiger partial charge in [0.15, 0.2) is 0 Å². The van der Waals surface area contributed by atoms with E-state index in [4.69, 9.17) is 10.5 Å². The molecule has 5 nitrogen and oxygen atoms in total. The van der Waals surface area contributed by atoms with Crippen LogP contribution < -0.4 is 10.5 Å². The minimum Gasteiger partial charge on any atom is -0.493 e. The first kappa shape index (κ1) is 15.6. The molecule has 2 N–H and O–H groups in total. The number of nitrogens with two attached hydrogens (primary N) is 1. The van der Waals surface area contributed by atoms with Gasteiger partial charge in [0.05, 0.1) is 13.0 Å². The topological polar surface area (TPSA) is 58.8 Å². The molecule has 5 heteroatoms. The second-order valence-corrected chi connectivity index (χ2v) is 5.68. The molecule has 1 fully saturated rings. The normalized spacial score (nSPS) is 16.2. The van der Waals surface area contributed by atoms with Gasteiger partial charge >= 0.3 is 0 Å². The molecule has 1 saturated heterocycles. The molecular weight excluding hydrogens is 266 g/mol. The van der Waals surface area contributed by atoms with Gasteiger partial charge in [-0.15, -0.1) is 0 Å². The number of carbonyl (C=O) groups is 1. The lowest BCUT2D eigenvalue weighted by Crippen LogP contribution is -2.50. The minimum absolute atomic E-state index is 0.169. The molecule has 0 unspecified atom stereocenters. The highest BCUT2D eigenvalue weighted by Crippen LogP contribution is 2.15. The predicted octanol–water partition coefficient (Wildman–Crippen LogP) is 1.59. The van der Waals surface area contributed by atoms with Crippen LogP contribution in [0.2, 0.25) is 0 Å². The first-order chi connectivity index (χ1) is 10.1. The van der Waals surface area contributed by atoms with E-state index in [2.05, 4.69) is 18.7 Å². The maximum Gasteiger partial charge on any atom is 0.226 e. The third kappa shape index (κ3) is 4.63. The van der Waals surface area contributed by atoms with Gasteiger partial charge in [-0.2, -0.15) is 0 Å². The summed E-state index contributed by atoms with van der Waals surface area (Å²) < 4.78 is 5.57. The van der Waals surface area contributed by atoms with Gasteiger partial charge in [-0.25, -0.2) is 0 Å². The van der Waals surface area contributed by atoms with E-state index >= 15 is 0 Å². The van der Waals surface area contributed by atoms with Crippen LogP contribution in [0.5, 0.6) is 5.75 Å². The Bertz CT molecular complexity index is 468. The molecule has 0 atom stereocenters. The Morgan fingerprint density at radius 1 is 1.29 bits per heavy atom. The Kier molecular flexibility index (Phi) is 5.44. The number of ether oxygens (including phenoxy) is 1. The smallest absolute Gasteiger partial charge is 0.226 e. The highest BCUT2D eigenvalue weighted by Gasteiger charge is 2.22. The Morgan fingerprint density at radius 3 is 2.62 bits per heavy atom. The molecule has 1 heterocycles. The van der Waals surface area contributed by atoms with Crippen molar-refractivity contribution in [3.05, 3.63) is 24.3 Å². The van der Waals surface area contributed by atoms with Gasteiger partial charge in [-0.1, -0.05) is 6.07 Å². The number of piperazine rings is 1. The van der Waals surface area contributed by atoms with Crippen molar-refractivity contribution in [1.82, 2.24) is 9.80 Å². The van der Waals surface area contributed by atoms with Gasteiger partial charge in [0.2, 0.25) is 5.91 Å². The van der Waals surface area contributed by atoms with Gasteiger partial charge < -0.3 is 15.4 Å². The molecule has 0 spiro atoms. The molecule has 0 aromatic heterocycles. The highest BCUT2D eigenvalue weighted by atomic mass is 16.5. The fraction of sp³-hybridized carbons (Fsp3) is 0.562. The lowest BCUT2D eigenvalue weighted by molar-refractivity contribution is -0.133. The van der Waals surface area contributed by atoms with E-state index in [1.54, 1.807) is 6.07 Å². The van der Waals surface area contributed by atoms with E-state index in [1.807, 2.05) is 23.1 Å². The van der Waals surface area contributed by atoms with Gasteiger partial charge in [0, 0.05) is 44.0 Å². The van der Waals surface area contributed by atoms with Crippen LogP contribution in [-0.4, -0.2) is 54.5 Å². The number of hydrogen-bond acceptors (Lipinski definition) is 4. The molecule has 0 aliphatic carbocycles. The zero-order valence-electron chi connectivity index (χ0n) is 12.9. The molecule has 21 heavy (non-hydrogen) atoms. The van der Waals surface area contributed by atoms with Gasteiger partial charge in [0.1, 0.15) is 5.75 Å². The number of carbonyl (C=O) groups excluding carboxylic acids is 1. The number of nitrogen functional groups attached to an aromatic ring is 1. The van der Waals surface area contributed by atoms with E-state index in [-0.39, 0.29) is 5.91 Å². The fourth-order valence-corrected chi connectivity index (χ4v) is 2.51. The van der Waals surface area contributed by atoms with Crippen molar-refractivity contribution in [1.29, 1.82) is 0 Å². The molecule has 1 aliphatic rings. The quantitative estimate of drug-likeness (QED) is 0.837. The van der Waals surface area contributed by atoms with Crippen LogP contribution in [0.1, 0.15) is 20.3 Å². The van der Waals surface area contributed by atoms with E-state index in [9.17, 15) is 4.79 Å². The third-order valence-corrected chi connectivity index (χ3v) is 3.84. The fourth-order valence-electron chi connectivity index (χ4n) is 2.51. The second kappa shape index (κ2) is 7.31. The molecule has 1 amide bonds. The average molecular weight is 291 g/mol. The molecule has 1 aromatic carbocycles. The molecule has 116 valence electrons. The van der Waals surface area contributed by atoms with Crippen LogP contribution >= 0.6 is 0 Å². The van der Waals surface area contributed by atoms with Crippen molar-refractivity contribution in [3.8, 4) is 5.75 Å². The maximum absolute atomic E-state index is 12.1. The summed E-state index contributed by atoms with van der Waals surface area (Å²) >= 11 is 0. The molecule has 0 bridgehead atoms. The summed E-state index contributed by atoms with van der Waals surface area (Å²) in [7, 11) is 0. The summed E-state index contributed by atoms with van der Waals surface area (Å²) in [6.07, 6.45) is 0.413. The number of hydrogen-bond donors (Lipinski definition) is 1. The van der Waals surface area contributed by atoms with Crippen LogP contribution in [0.25, 0.3) is 0 Å². The highest BCUT2D eigenvalue weighted by molar-refractivity contribution is 5.76. The summed E-state index contributed by atoms with van der Waals surface area (Å²) in [5.74, 6) is 0.884. The zero-order chi connectivity index (χ0) is 15.2. The van der Waals surface area contributed by atoms with Crippen molar-refractivity contribution in [2.45, 2.75) is 26.3 Å². The van der Waals surface area contributed by atoms with Crippen molar-refractivity contribution in [2.24, 2.45) is 0 Å². The molecule has 2 rings (SSSR count). The number of nitrogens with zero attached hydrogens (tertiary/aromatic N) is 2. The standard InChI is InChI=1S/C16H25N3O2/c1-13(2)18-7-9-19(10-8-18)16(20)6-11-21-15-5-3-4-14(17)12-15/h3-5,12-13H,6-11,17H2,1-2H3. The number of anilines is 1. The van der Waals surface area contributed by atoms with Crippen molar-refractivity contribution in [3.63, 3.8) is 0 Å².